The molecule has 3 aromatic rings. The van der Waals surface area contributed by atoms with Crippen LogP contribution in [0, 0.1) is 0 Å². The molecule has 6 heteroatoms. The molecule has 0 saturated heterocycles. The van der Waals surface area contributed by atoms with Gasteiger partial charge < -0.3 is 10.4 Å². The number of benzene rings is 2. The van der Waals surface area contributed by atoms with E-state index in [0.717, 1.165) is 11.1 Å². The molecule has 26 heavy (non-hydrogen) atoms. The van der Waals surface area contributed by atoms with E-state index in [1.165, 1.54) is 6.20 Å². The molecule has 1 atom stereocenters. The van der Waals surface area contributed by atoms with Crippen LogP contribution in [0.25, 0.3) is 0 Å². The highest BCUT2D eigenvalue weighted by Gasteiger charge is 2.21. The molecule has 0 radical (unpaired) electrons. The maximum Gasteiger partial charge on any atom is 0.326 e. The fraction of sp³-hybridized carbons (Fsp3) is 0.150. The lowest BCUT2D eigenvalue weighted by Gasteiger charge is -2.14. The van der Waals surface area contributed by atoms with E-state index in [-0.39, 0.29) is 6.42 Å². The maximum atomic E-state index is 12.4. The number of carbonyl (C=O) groups excluding carboxylic acids is 1. The molecule has 1 aromatic heterocycles. The lowest BCUT2D eigenvalue weighted by Crippen LogP contribution is -2.42. The van der Waals surface area contributed by atoms with Gasteiger partial charge in [0.2, 0.25) is 0 Å². The second kappa shape index (κ2) is 8.11. The summed E-state index contributed by atoms with van der Waals surface area (Å²) in [4.78, 5) is 23.9. The summed E-state index contributed by atoms with van der Waals surface area (Å²) in [6, 6.07) is 18.0. The number of rotatable bonds is 7. The highest BCUT2D eigenvalue weighted by molar-refractivity contribution is 5.96. The Bertz CT molecular complexity index is 876. The van der Waals surface area contributed by atoms with Crippen LogP contribution in [-0.2, 0) is 17.8 Å². The number of hydrogen-bond acceptors (Lipinski definition) is 3. The zero-order chi connectivity index (χ0) is 18.4. The highest BCUT2D eigenvalue weighted by atomic mass is 16.4. The van der Waals surface area contributed by atoms with Crippen LogP contribution in [0.1, 0.15) is 21.5 Å². The minimum Gasteiger partial charge on any atom is -0.480 e. The minimum absolute atomic E-state index is 0.222. The van der Waals surface area contributed by atoms with Crippen LogP contribution in [0.4, 0.5) is 0 Å². The van der Waals surface area contributed by atoms with E-state index in [4.69, 9.17) is 0 Å². The number of aliphatic carboxylic acids is 1. The summed E-state index contributed by atoms with van der Waals surface area (Å²) in [7, 11) is 0. The van der Waals surface area contributed by atoms with Crippen molar-refractivity contribution in [2.24, 2.45) is 0 Å². The summed E-state index contributed by atoms with van der Waals surface area (Å²) in [5.41, 5.74) is 2.25. The van der Waals surface area contributed by atoms with Gasteiger partial charge in [-0.25, -0.2) is 4.79 Å². The van der Waals surface area contributed by atoms with Crippen molar-refractivity contribution in [1.82, 2.24) is 15.1 Å². The molecule has 0 bridgehead atoms. The molecular formula is C20H19N3O3. The average Bonchev–Trinajstić information content (AvgIpc) is 3.11. The van der Waals surface area contributed by atoms with Crippen molar-refractivity contribution in [2.45, 2.75) is 19.0 Å². The molecule has 1 amide bonds. The Morgan fingerprint density at radius 2 is 1.62 bits per heavy atom. The number of aromatic nitrogens is 2. The standard InChI is InChI=1S/C20H19N3O3/c24-19(22-18(20(25)26)11-15-7-3-1-4-8-15)17-12-21-23(14-17)13-16-9-5-2-6-10-16/h1-10,12,14,18H,11,13H2,(H,22,24)(H,25,26)/t18-/m1/s1. The number of hydrogen-bond donors (Lipinski definition) is 2. The lowest BCUT2D eigenvalue weighted by molar-refractivity contribution is -0.139. The summed E-state index contributed by atoms with van der Waals surface area (Å²) in [5.74, 6) is -1.52. The van der Waals surface area contributed by atoms with Crippen LogP contribution in [0.2, 0.25) is 0 Å². The van der Waals surface area contributed by atoms with E-state index in [1.54, 1.807) is 10.9 Å². The highest BCUT2D eigenvalue weighted by Crippen LogP contribution is 2.07. The first-order valence-corrected chi connectivity index (χ1v) is 8.26. The van der Waals surface area contributed by atoms with E-state index in [2.05, 4.69) is 10.4 Å². The number of carbonyl (C=O) groups is 2. The van der Waals surface area contributed by atoms with E-state index in [1.807, 2.05) is 60.7 Å². The molecule has 0 fully saturated rings. The third-order valence-corrected chi connectivity index (χ3v) is 3.97. The van der Waals surface area contributed by atoms with Gasteiger partial charge in [-0.3, -0.25) is 9.48 Å². The predicted molar refractivity (Wildman–Crippen MR) is 96.8 cm³/mol. The van der Waals surface area contributed by atoms with E-state index >= 15 is 0 Å². The molecule has 1 heterocycles. The first-order chi connectivity index (χ1) is 12.6. The smallest absolute Gasteiger partial charge is 0.326 e. The van der Waals surface area contributed by atoms with Crippen LogP contribution < -0.4 is 5.32 Å². The summed E-state index contributed by atoms with van der Waals surface area (Å²) in [5, 5.41) is 16.1. The van der Waals surface area contributed by atoms with Gasteiger partial charge in [0.05, 0.1) is 18.3 Å². The Morgan fingerprint density at radius 1 is 1.00 bits per heavy atom. The quantitative estimate of drug-likeness (QED) is 0.686. The number of nitrogens with one attached hydrogen (secondary N) is 1. The third-order valence-electron chi connectivity index (χ3n) is 3.97. The topological polar surface area (TPSA) is 84.2 Å². The van der Waals surface area contributed by atoms with Gasteiger partial charge in [-0.1, -0.05) is 60.7 Å². The van der Waals surface area contributed by atoms with Gasteiger partial charge in [0, 0.05) is 12.6 Å². The first-order valence-electron chi connectivity index (χ1n) is 8.26. The zero-order valence-electron chi connectivity index (χ0n) is 14.1. The van der Waals surface area contributed by atoms with E-state index in [9.17, 15) is 14.7 Å². The van der Waals surface area contributed by atoms with Crippen molar-refractivity contribution in [2.75, 3.05) is 0 Å². The Kier molecular flexibility index (Phi) is 5.43. The summed E-state index contributed by atoms with van der Waals surface area (Å²) >= 11 is 0. The van der Waals surface area contributed by atoms with E-state index < -0.39 is 17.9 Å². The molecule has 0 aliphatic carbocycles. The molecule has 0 spiro atoms. The average molecular weight is 349 g/mol. The van der Waals surface area contributed by atoms with Crippen LogP contribution in [0.15, 0.2) is 73.1 Å². The number of carboxylic acids is 1. The van der Waals surface area contributed by atoms with Gasteiger partial charge in [-0.05, 0) is 11.1 Å². The predicted octanol–water partition coefficient (Wildman–Crippen LogP) is 2.36. The fourth-order valence-corrected chi connectivity index (χ4v) is 2.63. The Labute approximate surface area is 151 Å². The van der Waals surface area contributed by atoms with Gasteiger partial charge in [0.15, 0.2) is 0 Å². The first kappa shape index (κ1) is 17.4. The van der Waals surface area contributed by atoms with Gasteiger partial charge >= 0.3 is 5.97 Å². The summed E-state index contributed by atoms with van der Waals surface area (Å²) < 4.78 is 1.65. The van der Waals surface area contributed by atoms with E-state index in [0.29, 0.717) is 12.1 Å². The second-order valence-corrected chi connectivity index (χ2v) is 5.97. The van der Waals surface area contributed by atoms with Crippen molar-refractivity contribution in [1.29, 1.82) is 0 Å². The maximum absolute atomic E-state index is 12.4. The van der Waals surface area contributed by atoms with Crippen LogP contribution in [-0.4, -0.2) is 32.8 Å². The van der Waals surface area contributed by atoms with Gasteiger partial charge in [-0.15, -0.1) is 0 Å². The molecule has 0 aliphatic rings. The van der Waals surface area contributed by atoms with Crippen LogP contribution >= 0.6 is 0 Å². The number of nitrogens with zero attached hydrogens (tertiary/aromatic N) is 2. The van der Waals surface area contributed by atoms with Crippen molar-refractivity contribution in [3.63, 3.8) is 0 Å². The molecule has 132 valence electrons. The normalized spacial score (nSPS) is 11.7. The molecule has 0 aliphatic heterocycles. The number of amides is 1. The molecule has 6 nitrogen and oxygen atoms in total. The second-order valence-electron chi connectivity index (χ2n) is 5.97. The summed E-state index contributed by atoms with van der Waals surface area (Å²) in [6.07, 6.45) is 3.28. The lowest BCUT2D eigenvalue weighted by atomic mass is 10.1. The summed E-state index contributed by atoms with van der Waals surface area (Å²) in [6.45, 7) is 0.542. The van der Waals surface area contributed by atoms with Crippen LogP contribution in [0.5, 0.6) is 0 Å². The SMILES string of the molecule is O=C(N[C@H](Cc1ccccc1)C(=O)O)c1cnn(Cc2ccccc2)c1. The van der Waals surface area contributed by atoms with Crippen LogP contribution in [0.3, 0.4) is 0 Å². The fourth-order valence-electron chi connectivity index (χ4n) is 2.63. The van der Waals surface area contributed by atoms with Crippen molar-refractivity contribution in [3.05, 3.63) is 89.7 Å². The largest absolute Gasteiger partial charge is 0.480 e. The van der Waals surface area contributed by atoms with Gasteiger partial charge in [0.1, 0.15) is 6.04 Å². The zero-order valence-corrected chi connectivity index (χ0v) is 14.1. The van der Waals surface area contributed by atoms with Crippen molar-refractivity contribution >= 4 is 11.9 Å². The Morgan fingerprint density at radius 3 is 2.23 bits per heavy atom. The number of carboxylic acid groups (broad SMARTS) is 1. The van der Waals surface area contributed by atoms with Crippen molar-refractivity contribution in [3.8, 4) is 0 Å². The molecule has 0 saturated carbocycles. The monoisotopic (exact) mass is 349 g/mol. The Hall–Kier alpha value is -3.41. The third kappa shape index (κ3) is 4.57. The molecule has 3 rings (SSSR count). The molecule has 2 aromatic carbocycles. The molecule has 2 N–H and O–H groups in total. The van der Waals surface area contributed by atoms with Crippen molar-refractivity contribution < 1.29 is 14.7 Å². The Balaban J connectivity index is 1.65. The molecule has 0 unspecified atom stereocenters. The molecular weight excluding hydrogens is 330 g/mol. The minimum atomic E-state index is -1.07. The van der Waals surface area contributed by atoms with Gasteiger partial charge in [0.25, 0.3) is 5.91 Å². The van der Waals surface area contributed by atoms with Gasteiger partial charge in [-0.2, -0.15) is 5.10 Å².